The molecule has 0 radical (unpaired) electrons. The third-order valence-electron chi connectivity index (χ3n) is 5.17. The molecule has 1 fully saturated rings. The Hall–Kier alpha value is -2.24. The summed E-state index contributed by atoms with van der Waals surface area (Å²) in [6.07, 6.45) is 3.80. The minimum atomic E-state index is -0.253. The second-order valence-corrected chi connectivity index (χ2v) is 7.66. The van der Waals surface area contributed by atoms with E-state index in [9.17, 15) is 4.79 Å². The molecule has 1 aromatic heterocycles. The van der Waals surface area contributed by atoms with E-state index in [4.69, 9.17) is 0 Å². The second-order valence-electron chi connectivity index (χ2n) is 7.66. The quantitative estimate of drug-likeness (QED) is 0.854. The SMILES string of the molecule is Cc1cccc([C@H](C(=O)NC2CCN(Cc3ccccn3)CC2)N(C)C)c1. The predicted octanol–water partition coefficient (Wildman–Crippen LogP) is 2.77. The summed E-state index contributed by atoms with van der Waals surface area (Å²) >= 11 is 0. The van der Waals surface area contributed by atoms with Crippen LogP contribution in [0.5, 0.6) is 0 Å². The second kappa shape index (κ2) is 9.11. The molecule has 1 atom stereocenters. The zero-order valence-electron chi connectivity index (χ0n) is 16.6. The van der Waals surface area contributed by atoms with Crippen LogP contribution in [0, 0.1) is 6.92 Å². The van der Waals surface area contributed by atoms with Gasteiger partial charge in [-0.1, -0.05) is 35.9 Å². The zero-order valence-corrected chi connectivity index (χ0v) is 16.6. The van der Waals surface area contributed by atoms with Crippen molar-refractivity contribution in [3.63, 3.8) is 0 Å². The number of nitrogens with zero attached hydrogens (tertiary/aromatic N) is 3. The van der Waals surface area contributed by atoms with Gasteiger partial charge in [0.1, 0.15) is 6.04 Å². The molecule has 1 aliphatic rings. The standard InChI is InChI=1S/C22H30N4O/c1-17-7-6-8-18(15-17)21(25(2)3)22(27)24-19-10-13-26(14-11-19)16-20-9-4-5-12-23-20/h4-9,12,15,19,21H,10-11,13-14,16H2,1-3H3,(H,24,27)/t21-/m1/s1. The Kier molecular flexibility index (Phi) is 6.58. The van der Waals surface area contributed by atoms with E-state index < -0.39 is 0 Å². The number of amides is 1. The molecule has 0 saturated carbocycles. The van der Waals surface area contributed by atoms with Crippen molar-refractivity contribution in [3.05, 3.63) is 65.5 Å². The monoisotopic (exact) mass is 366 g/mol. The number of piperidine rings is 1. The van der Waals surface area contributed by atoms with Gasteiger partial charge in [0, 0.05) is 31.9 Å². The van der Waals surface area contributed by atoms with E-state index in [1.165, 1.54) is 5.56 Å². The minimum Gasteiger partial charge on any atom is -0.352 e. The molecule has 5 nitrogen and oxygen atoms in total. The summed E-state index contributed by atoms with van der Waals surface area (Å²) in [7, 11) is 3.92. The molecular weight excluding hydrogens is 336 g/mol. The van der Waals surface area contributed by atoms with Crippen molar-refractivity contribution in [2.45, 2.75) is 38.4 Å². The number of likely N-dealkylation sites (N-methyl/N-ethyl adjacent to an activating group) is 1. The highest BCUT2D eigenvalue weighted by atomic mass is 16.2. The molecular formula is C22H30N4O. The molecule has 1 amide bonds. The van der Waals surface area contributed by atoms with Crippen molar-refractivity contribution < 1.29 is 4.79 Å². The molecule has 27 heavy (non-hydrogen) atoms. The summed E-state index contributed by atoms with van der Waals surface area (Å²) in [6.45, 7) is 4.91. The van der Waals surface area contributed by atoms with Crippen LogP contribution in [0.3, 0.4) is 0 Å². The van der Waals surface area contributed by atoms with Crippen LogP contribution in [0.2, 0.25) is 0 Å². The topological polar surface area (TPSA) is 48.5 Å². The summed E-state index contributed by atoms with van der Waals surface area (Å²) in [5.41, 5.74) is 3.33. The van der Waals surface area contributed by atoms with E-state index in [0.29, 0.717) is 0 Å². The number of likely N-dealkylation sites (tertiary alicyclic amines) is 1. The molecule has 5 heteroatoms. The van der Waals surface area contributed by atoms with Crippen molar-refractivity contribution in [1.82, 2.24) is 20.1 Å². The average molecular weight is 367 g/mol. The molecule has 1 N–H and O–H groups in total. The van der Waals surface area contributed by atoms with Crippen molar-refractivity contribution in [2.24, 2.45) is 0 Å². The number of aromatic nitrogens is 1. The van der Waals surface area contributed by atoms with Gasteiger partial charge in [-0.15, -0.1) is 0 Å². The van der Waals surface area contributed by atoms with Crippen LogP contribution in [0.15, 0.2) is 48.7 Å². The summed E-state index contributed by atoms with van der Waals surface area (Å²) in [5.74, 6) is 0.0915. The number of rotatable bonds is 6. The number of hydrogen-bond acceptors (Lipinski definition) is 4. The van der Waals surface area contributed by atoms with Crippen molar-refractivity contribution in [3.8, 4) is 0 Å². The van der Waals surface area contributed by atoms with E-state index in [-0.39, 0.29) is 18.0 Å². The van der Waals surface area contributed by atoms with E-state index in [0.717, 1.165) is 43.7 Å². The molecule has 0 spiro atoms. The predicted molar refractivity (Wildman–Crippen MR) is 108 cm³/mol. The highest BCUT2D eigenvalue weighted by molar-refractivity contribution is 5.83. The normalized spacial score (nSPS) is 17.0. The molecule has 144 valence electrons. The zero-order chi connectivity index (χ0) is 19.2. The Bertz CT molecular complexity index is 739. The van der Waals surface area contributed by atoms with E-state index >= 15 is 0 Å². The number of carbonyl (C=O) groups is 1. The van der Waals surface area contributed by atoms with Crippen molar-refractivity contribution in [1.29, 1.82) is 0 Å². The Labute approximate surface area is 162 Å². The molecule has 0 bridgehead atoms. The lowest BCUT2D eigenvalue weighted by Crippen LogP contribution is -2.47. The first-order valence-electron chi connectivity index (χ1n) is 9.68. The maximum Gasteiger partial charge on any atom is 0.242 e. The first-order chi connectivity index (χ1) is 13.0. The maximum absolute atomic E-state index is 13.0. The molecule has 0 unspecified atom stereocenters. The van der Waals surface area contributed by atoms with Gasteiger partial charge < -0.3 is 5.32 Å². The van der Waals surface area contributed by atoms with Gasteiger partial charge in [0.15, 0.2) is 0 Å². The number of carbonyl (C=O) groups excluding carboxylic acids is 1. The lowest BCUT2D eigenvalue weighted by molar-refractivity contribution is -0.126. The number of benzene rings is 1. The fourth-order valence-electron chi connectivity index (χ4n) is 3.76. The maximum atomic E-state index is 13.0. The summed E-state index contributed by atoms with van der Waals surface area (Å²) in [4.78, 5) is 21.8. The molecule has 2 aromatic rings. The van der Waals surface area contributed by atoms with Gasteiger partial charge in [-0.2, -0.15) is 0 Å². The van der Waals surface area contributed by atoms with Gasteiger partial charge in [0.25, 0.3) is 0 Å². The Morgan fingerprint density at radius 3 is 2.63 bits per heavy atom. The van der Waals surface area contributed by atoms with Crippen molar-refractivity contribution >= 4 is 5.91 Å². The van der Waals surface area contributed by atoms with Crippen LogP contribution >= 0.6 is 0 Å². The lowest BCUT2D eigenvalue weighted by Gasteiger charge is -2.33. The molecule has 1 aromatic carbocycles. The van der Waals surface area contributed by atoms with Gasteiger partial charge in [-0.05, 0) is 51.6 Å². The Morgan fingerprint density at radius 2 is 2.00 bits per heavy atom. The minimum absolute atomic E-state index is 0.0915. The number of aryl methyl sites for hydroxylation is 1. The molecule has 3 rings (SSSR count). The van der Waals surface area contributed by atoms with Crippen LogP contribution in [-0.4, -0.2) is 53.9 Å². The smallest absolute Gasteiger partial charge is 0.242 e. The van der Waals surface area contributed by atoms with Crippen LogP contribution in [0.4, 0.5) is 0 Å². The van der Waals surface area contributed by atoms with Crippen LogP contribution in [0.25, 0.3) is 0 Å². The number of pyridine rings is 1. The summed E-state index contributed by atoms with van der Waals surface area (Å²) < 4.78 is 0. The largest absolute Gasteiger partial charge is 0.352 e. The number of nitrogens with one attached hydrogen (secondary N) is 1. The summed E-state index contributed by atoms with van der Waals surface area (Å²) in [5, 5.41) is 3.28. The highest BCUT2D eigenvalue weighted by Gasteiger charge is 2.27. The fraction of sp³-hybridized carbons (Fsp3) is 0.455. The third kappa shape index (κ3) is 5.37. The van der Waals surface area contributed by atoms with Crippen LogP contribution in [-0.2, 0) is 11.3 Å². The average Bonchev–Trinajstić information content (AvgIpc) is 2.64. The molecule has 1 saturated heterocycles. The first-order valence-corrected chi connectivity index (χ1v) is 9.68. The molecule has 0 aliphatic carbocycles. The van der Waals surface area contributed by atoms with Gasteiger partial charge in [0.05, 0.1) is 5.69 Å². The Balaban J connectivity index is 1.55. The van der Waals surface area contributed by atoms with Crippen molar-refractivity contribution in [2.75, 3.05) is 27.2 Å². The van der Waals surface area contributed by atoms with Crippen LogP contribution in [0.1, 0.15) is 35.7 Å². The van der Waals surface area contributed by atoms with Gasteiger partial charge in [-0.25, -0.2) is 0 Å². The summed E-state index contributed by atoms with van der Waals surface area (Å²) in [6, 6.07) is 14.2. The Morgan fingerprint density at radius 1 is 1.22 bits per heavy atom. The third-order valence-corrected chi connectivity index (χ3v) is 5.17. The van der Waals surface area contributed by atoms with Gasteiger partial charge in [0.2, 0.25) is 5.91 Å². The first kappa shape index (κ1) is 19.5. The van der Waals surface area contributed by atoms with Gasteiger partial charge in [-0.3, -0.25) is 19.6 Å². The van der Waals surface area contributed by atoms with E-state index in [1.54, 1.807) is 0 Å². The van der Waals surface area contributed by atoms with Crippen LogP contribution < -0.4 is 5.32 Å². The molecule has 1 aliphatic heterocycles. The highest BCUT2D eigenvalue weighted by Crippen LogP contribution is 2.21. The fourth-order valence-corrected chi connectivity index (χ4v) is 3.76. The number of hydrogen-bond donors (Lipinski definition) is 1. The van der Waals surface area contributed by atoms with Gasteiger partial charge >= 0.3 is 0 Å². The molecule has 2 heterocycles. The van der Waals surface area contributed by atoms with E-state index in [2.05, 4.69) is 40.3 Å². The van der Waals surface area contributed by atoms with E-state index in [1.807, 2.05) is 49.5 Å². The lowest BCUT2D eigenvalue weighted by atomic mass is 10.0.